The number of benzene rings is 1. The third kappa shape index (κ3) is 3.38. The fraction of sp³-hybridized carbons (Fsp3) is 0.438. The number of aromatic nitrogens is 1. The second-order valence-electron chi connectivity index (χ2n) is 4.86. The van der Waals surface area contributed by atoms with E-state index in [2.05, 4.69) is 38.2 Å². The number of rotatable bonds is 6. The number of methoxy groups -OCH3 is 1. The fourth-order valence-electron chi connectivity index (χ4n) is 2.08. The van der Waals surface area contributed by atoms with Crippen molar-refractivity contribution in [3.63, 3.8) is 0 Å². The van der Waals surface area contributed by atoms with Crippen molar-refractivity contribution in [2.24, 2.45) is 0 Å². The van der Waals surface area contributed by atoms with Crippen LogP contribution in [0.1, 0.15) is 40.5 Å². The molecule has 0 amide bonds. The van der Waals surface area contributed by atoms with E-state index in [1.54, 1.807) is 18.4 Å². The molecule has 0 aliphatic rings. The minimum atomic E-state index is 0.141. The van der Waals surface area contributed by atoms with Gasteiger partial charge in [0, 0.05) is 4.88 Å². The lowest BCUT2D eigenvalue weighted by atomic mass is 10.1. The van der Waals surface area contributed by atoms with Gasteiger partial charge in [-0.25, -0.2) is 4.98 Å². The quantitative estimate of drug-likeness (QED) is 0.877. The van der Waals surface area contributed by atoms with Gasteiger partial charge in [-0.2, -0.15) is 0 Å². The Balaban J connectivity index is 2.35. The van der Waals surface area contributed by atoms with Gasteiger partial charge < -0.3 is 10.1 Å². The van der Waals surface area contributed by atoms with Gasteiger partial charge in [-0.15, -0.1) is 11.3 Å². The van der Waals surface area contributed by atoms with Crippen molar-refractivity contribution in [3.8, 4) is 5.75 Å². The van der Waals surface area contributed by atoms with Gasteiger partial charge in [0.1, 0.15) is 10.8 Å². The van der Waals surface area contributed by atoms with Crippen LogP contribution >= 0.6 is 11.3 Å². The van der Waals surface area contributed by atoms with Crippen molar-refractivity contribution in [3.05, 3.63) is 45.4 Å². The van der Waals surface area contributed by atoms with Crippen LogP contribution in [0.3, 0.4) is 0 Å². The molecule has 0 fully saturated rings. The Morgan fingerprint density at radius 2 is 2.15 bits per heavy atom. The number of nitrogens with one attached hydrogen (secondary N) is 1. The van der Waals surface area contributed by atoms with Gasteiger partial charge in [0.05, 0.1) is 18.8 Å². The topological polar surface area (TPSA) is 34.1 Å². The van der Waals surface area contributed by atoms with Crippen molar-refractivity contribution in [2.45, 2.75) is 33.2 Å². The van der Waals surface area contributed by atoms with Crippen LogP contribution in [0.2, 0.25) is 0 Å². The van der Waals surface area contributed by atoms with Crippen LogP contribution in [0, 0.1) is 13.8 Å². The summed E-state index contributed by atoms with van der Waals surface area (Å²) in [5.41, 5.74) is 2.32. The maximum Gasteiger partial charge on any atom is 0.119 e. The lowest BCUT2D eigenvalue weighted by molar-refractivity contribution is 0.413. The first-order valence-electron chi connectivity index (χ1n) is 6.97. The van der Waals surface area contributed by atoms with Crippen molar-refractivity contribution in [1.82, 2.24) is 10.3 Å². The highest BCUT2D eigenvalue weighted by Gasteiger charge is 2.18. The lowest BCUT2D eigenvalue weighted by Gasteiger charge is -2.17. The Morgan fingerprint density at radius 1 is 1.35 bits per heavy atom. The lowest BCUT2D eigenvalue weighted by Crippen LogP contribution is -2.23. The number of hydrogen-bond acceptors (Lipinski definition) is 4. The van der Waals surface area contributed by atoms with Crippen LogP contribution in [0.5, 0.6) is 5.75 Å². The number of aryl methyl sites for hydroxylation is 2. The van der Waals surface area contributed by atoms with E-state index in [0.717, 1.165) is 29.4 Å². The summed E-state index contributed by atoms with van der Waals surface area (Å²) in [6, 6.07) is 8.35. The van der Waals surface area contributed by atoms with Crippen LogP contribution in [-0.2, 0) is 0 Å². The van der Waals surface area contributed by atoms with E-state index in [1.807, 2.05) is 12.1 Å². The molecule has 0 spiro atoms. The number of ether oxygens (including phenoxy) is 1. The summed E-state index contributed by atoms with van der Waals surface area (Å²) in [6.45, 7) is 7.34. The van der Waals surface area contributed by atoms with Crippen LogP contribution in [0.15, 0.2) is 24.3 Å². The van der Waals surface area contributed by atoms with Gasteiger partial charge in [0.25, 0.3) is 0 Å². The molecule has 0 radical (unpaired) electrons. The maximum atomic E-state index is 5.33. The second-order valence-corrected chi connectivity index (χ2v) is 6.09. The smallest absolute Gasteiger partial charge is 0.119 e. The first-order valence-corrected chi connectivity index (χ1v) is 7.78. The zero-order chi connectivity index (χ0) is 14.5. The molecule has 1 N–H and O–H groups in total. The molecule has 0 bridgehead atoms. The Hall–Kier alpha value is -1.39. The number of thiazole rings is 1. The molecule has 0 saturated heterocycles. The third-order valence-electron chi connectivity index (χ3n) is 3.32. The summed E-state index contributed by atoms with van der Waals surface area (Å²) in [4.78, 5) is 5.99. The van der Waals surface area contributed by atoms with Gasteiger partial charge in [0.15, 0.2) is 0 Å². The average Bonchev–Trinajstić information content (AvgIpc) is 2.79. The maximum absolute atomic E-state index is 5.33. The summed E-state index contributed by atoms with van der Waals surface area (Å²) in [6.07, 6.45) is 1.10. The van der Waals surface area contributed by atoms with Gasteiger partial charge in [-0.1, -0.05) is 19.1 Å². The van der Waals surface area contributed by atoms with Gasteiger partial charge in [0.2, 0.25) is 0 Å². The highest BCUT2D eigenvalue weighted by atomic mass is 32.1. The van der Waals surface area contributed by atoms with E-state index in [-0.39, 0.29) is 6.04 Å². The largest absolute Gasteiger partial charge is 0.497 e. The van der Waals surface area contributed by atoms with Gasteiger partial charge in [-0.05, 0) is 44.5 Å². The molecule has 1 atom stereocenters. The van der Waals surface area contributed by atoms with Crippen LogP contribution in [-0.4, -0.2) is 18.6 Å². The molecule has 1 aromatic heterocycles. The summed E-state index contributed by atoms with van der Waals surface area (Å²) in [7, 11) is 1.70. The minimum Gasteiger partial charge on any atom is -0.497 e. The summed E-state index contributed by atoms with van der Waals surface area (Å²) in [5, 5.41) is 4.71. The molecule has 2 rings (SSSR count). The van der Waals surface area contributed by atoms with E-state index in [0.29, 0.717) is 0 Å². The molecule has 1 heterocycles. The number of nitrogens with zero attached hydrogens (tertiary/aromatic N) is 1. The summed E-state index contributed by atoms with van der Waals surface area (Å²) >= 11 is 1.77. The predicted molar refractivity (Wildman–Crippen MR) is 84.7 cm³/mol. The summed E-state index contributed by atoms with van der Waals surface area (Å²) < 4.78 is 5.33. The van der Waals surface area contributed by atoms with Crippen molar-refractivity contribution in [1.29, 1.82) is 0 Å². The molecule has 2 aromatic rings. The second kappa shape index (κ2) is 6.86. The van der Waals surface area contributed by atoms with Crippen molar-refractivity contribution in [2.75, 3.05) is 13.7 Å². The molecule has 0 aliphatic carbocycles. The molecule has 20 heavy (non-hydrogen) atoms. The van der Waals surface area contributed by atoms with Crippen LogP contribution in [0.4, 0.5) is 0 Å². The number of hydrogen-bond donors (Lipinski definition) is 1. The molecule has 0 aliphatic heterocycles. The minimum absolute atomic E-state index is 0.141. The van der Waals surface area contributed by atoms with Gasteiger partial charge >= 0.3 is 0 Å². The Kier molecular flexibility index (Phi) is 5.15. The van der Waals surface area contributed by atoms with Crippen LogP contribution < -0.4 is 10.1 Å². The average molecular weight is 290 g/mol. The highest BCUT2D eigenvalue weighted by Crippen LogP contribution is 2.29. The highest BCUT2D eigenvalue weighted by molar-refractivity contribution is 7.11. The molecule has 1 unspecified atom stereocenters. The monoisotopic (exact) mass is 290 g/mol. The zero-order valence-corrected chi connectivity index (χ0v) is 13.4. The zero-order valence-electron chi connectivity index (χ0n) is 12.6. The summed E-state index contributed by atoms with van der Waals surface area (Å²) in [5.74, 6) is 0.885. The van der Waals surface area contributed by atoms with Gasteiger partial charge in [-0.3, -0.25) is 0 Å². The van der Waals surface area contributed by atoms with Crippen LogP contribution in [0.25, 0.3) is 0 Å². The molecule has 3 nitrogen and oxygen atoms in total. The van der Waals surface area contributed by atoms with Crippen molar-refractivity contribution < 1.29 is 4.74 Å². The Morgan fingerprint density at radius 3 is 2.75 bits per heavy atom. The Labute approximate surface area is 125 Å². The van der Waals surface area contributed by atoms with E-state index in [9.17, 15) is 0 Å². The molecular weight excluding hydrogens is 268 g/mol. The first kappa shape index (κ1) is 15.0. The molecule has 4 heteroatoms. The molecule has 108 valence electrons. The first-order chi connectivity index (χ1) is 9.65. The van der Waals surface area contributed by atoms with E-state index in [1.165, 1.54) is 10.4 Å². The molecular formula is C16H22N2OS. The van der Waals surface area contributed by atoms with Crippen molar-refractivity contribution >= 4 is 11.3 Å². The molecule has 0 saturated carbocycles. The normalized spacial score (nSPS) is 12.4. The predicted octanol–water partition coefficient (Wildman–Crippen LogP) is 3.86. The molecule has 1 aromatic carbocycles. The Bertz CT molecular complexity index is 546. The van der Waals surface area contributed by atoms with E-state index < -0.39 is 0 Å². The van der Waals surface area contributed by atoms with E-state index >= 15 is 0 Å². The fourth-order valence-corrected chi connectivity index (χ4v) is 3.11. The third-order valence-corrected chi connectivity index (χ3v) is 4.46. The van der Waals surface area contributed by atoms with E-state index in [4.69, 9.17) is 9.72 Å². The standard InChI is InChI=1S/C16H22N2OS/c1-5-9-17-15(16-18-11(2)12(3)20-16)13-7-6-8-14(10-13)19-4/h6-8,10,15,17H,5,9H2,1-4H3. The SMILES string of the molecule is CCCNC(c1cccc(OC)c1)c1nc(C)c(C)s1.